The molecule has 3 aromatic rings. The number of methoxy groups -OCH3 is 1. The molecule has 0 aromatic heterocycles. The molecule has 3 aromatic carbocycles. The highest BCUT2D eigenvalue weighted by Gasteiger charge is 2.42. The minimum absolute atomic E-state index is 0.175. The average molecular weight is 488 g/mol. The first-order valence-electron chi connectivity index (χ1n) is 10.7. The molecule has 35 heavy (non-hydrogen) atoms. The number of carbonyl (C=O) groups excluding carboxylic acids is 1. The minimum atomic E-state index is -4.78. The van der Waals surface area contributed by atoms with Crippen LogP contribution < -0.4 is 9.47 Å². The summed E-state index contributed by atoms with van der Waals surface area (Å²) in [6.07, 6.45) is -4.78. The van der Waals surface area contributed by atoms with E-state index in [2.05, 4.69) is 9.47 Å². The van der Waals surface area contributed by atoms with E-state index >= 15 is 0 Å². The third kappa shape index (κ3) is 6.12. The van der Waals surface area contributed by atoms with Crippen LogP contribution in [0.1, 0.15) is 11.1 Å². The number of alkyl halides is 3. The van der Waals surface area contributed by atoms with Crippen LogP contribution in [0.3, 0.4) is 0 Å². The molecule has 0 amide bonds. The monoisotopic (exact) mass is 488 g/mol. The second kappa shape index (κ2) is 10.4. The zero-order valence-electron chi connectivity index (χ0n) is 18.8. The molecule has 1 saturated heterocycles. The maximum Gasteiger partial charge on any atom is 0.573 e. The topological polar surface area (TPSA) is 63.2 Å². The Morgan fingerprint density at radius 1 is 1.00 bits per heavy atom. The van der Waals surface area contributed by atoms with Crippen LogP contribution in [0.25, 0.3) is 11.1 Å². The van der Waals surface area contributed by atoms with Crippen molar-refractivity contribution >= 4 is 5.97 Å². The zero-order valence-corrected chi connectivity index (χ0v) is 18.8. The van der Waals surface area contributed by atoms with Gasteiger partial charge in [0.1, 0.15) is 30.3 Å². The molecular weight excluding hydrogens is 465 g/mol. The number of para-hydroxylation sites is 1. The predicted molar refractivity (Wildman–Crippen MR) is 120 cm³/mol. The molecule has 184 valence electrons. The molecule has 0 spiro atoms. The Morgan fingerprint density at radius 2 is 1.74 bits per heavy atom. The van der Waals surface area contributed by atoms with Crippen LogP contribution in [0.15, 0.2) is 72.8 Å². The summed E-state index contributed by atoms with van der Waals surface area (Å²) in [5, 5.41) is 0. The van der Waals surface area contributed by atoms with Crippen molar-refractivity contribution < 1.29 is 41.7 Å². The van der Waals surface area contributed by atoms with Gasteiger partial charge in [-0.05, 0) is 41.0 Å². The van der Waals surface area contributed by atoms with Crippen LogP contribution in [0.4, 0.5) is 13.2 Å². The number of hydrogen-bond donors (Lipinski definition) is 0. The van der Waals surface area contributed by atoms with Gasteiger partial charge >= 0.3 is 12.3 Å². The van der Waals surface area contributed by atoms with E-state index in [1.54, 1.807) is 42.5 Å². The first kappa shape index (κ1) is 24.6. The third-order valence-electron chi connectivity index (χ3n) is 5.50. The number of halogens is 3. The van der Waals surface area contributed by atoms with Gasteiger partial charge in [0, 0.05) is 5.56 Å². The number of esters is 1. The predicted octanol–water partition coefficient (Wildman–Crippen LogP) is 5.25. The van der Waals surface area contributed by atoms with Gasteiger partial charge in [-0.2, -0.15) is 0 Å². The van der Waals surface area contributed by atoms with Crippen molar-refractivity contribution in [1.29, 1.82) is 0 Å². The molecule has 0 saturated carbocycles. The van der Waals surface area contributed by atoms with Gasteiger partial charge in [-0.15, -0.1) is 13.2 Å². The van der Waals surface area contributed by atoms with E-state index in [0.29, 0.717) is 30.1 Å². The lowest BCUT2D eigenvalue weighted by atomic mass is 9.91. The molecule has 4 rings (SSSR count). The fraction of sp³-hybridized carbons (Fsp3) is 0.269. The Hall–Kier alpha value is -3.56. The SMILES string of the molecule is COC(=O)COC1(c2ccc(OCc3cccc(-c4ccccc4OC(F)(F)F)c3)cc2)COC1. The van der Waals surface area contributed by atoms with Crippen molar-refractivity contribution in [2.75, 3.05) is 26.9 Å². The molecule has 9 heteroatoms. The van der Waals surface area contributed by atoms with Gasteiger partial charge in [-0.25, -0.2) is 4.79 Å². The molecule has 0 unspecified atom stereocenters. The summed E-state index contributed by atoms with van der Waals surface area (Å²) in [5.41, 5.74) is 1.83. The molecule has 1 fully saturated rings. The maximum atomic E-state index is 12.8. The van der Waals surface area contributed by atoms with Crippen molar-refractivity contribution in [2.24, 2.45) is 0 Å². The van der Waals surface area contributed by atoms with Crippen LogP contribution in [0.5, 0.6) is 11.5 Å². The molecule has 0 N–H and O–H groups in total. The van der Waals surface area contributed by atoms with Crippen molar-refractivity contribution in [3.63, 3.8) is 0 Å². The van der Waals surface area contributed by atoms with E-state index in [1.165, 1.54) is 19.2 Å². The Labute approximate surface area is 200 Å². The van der Waals surface area contributed by atoms with Crippen molar-refractivity contribution in [2.45, 2.75) is 18.6 Å². The smallest absolute Gasteiger partial charge is 0.489 e. The normalized spacial score (nSPS) is 14.6. The van der Waals surface area contributed by atoms with Gasteiger partial charge in [0.25, 0.3) is 0 Å². The lowest BCUT2D eigenvalue weighted by Crippen LogP contribution is -2.49. The fourth-order valence-electron chi connectivity index (χ4n) is 3.65. The first-order chi connectivity index (χ1) is 16.8. The Kier molecular flexibility index (Phi) is 7.28. The zero-order chi connectivity index (χ0) is 24.9. The van der Waals surface area contributed by atoms with E-state index < -0.39 is 17.9 Å². The van der Waals surface area contributed by atoms with Gasteiger partial charge in [0.2, 0.25) is 0 Å². The van der Waals surface area contributed by atoms with Gasteiger partial charge < -0.3 is 23.7 Å². The second-order valence-electron chi connectivity index (χ2n) is 7.91. The highest BCUT2D eigenvalue weighted by Crippen LogP contribution is 2.36. The summed E-state index contributed by atoms with van der Waals surface area (Å²) in [6, 6.07) is 20.3. The van der Waals surface area contributed by atoms with Crippen LogP contribution in [0, 0.1) is 0 Å². The second-order valence-corrected chi connectivity index (χ2v) is 7.91. The fourth-order valence-corrected chi connectivity index (χ4v) is 3.65. The highest BCUT2D eigenvalue weighted by molar-refractivity contribution is 5.71. The molecule has 1 heterocycles. The number of ether oxygens (including phenoxy) is 5. The Bertz CT molecular complexity index is 1160. The van der Waals surface area contributed by atoms with E-state index in [4.69, 9.17) is 14.2 Å². The summed E-state index contributed by atoms with van der Waals surface area (Å²) in [5.74, 6) is -0.133. The van der Waals surface area contributed by atoms with Crippen LogP contribution in [-0.4, -0.2) is 39.3 Å². The Morgan fingerprint density at radius 3 is 2.40 bits per heavy atom. The summed E-state index contributed by atoms with van der Waals surface area (Å²) < 4.78 is 64.0. The van der Waals surface area contributed by atoms with Crippen LogP contribution in [-0.2, 0) is 31.2 Å². The summed E-state index contributed by atoms with van der Waals surface area (Å²) in [4.78, 5) is 11.4. The van der Waals surface area contributed by atoms with E-state index in [1.807, 2.05) is 18.2 Å². The quantitative estimate of drug-likeness (QED) is 0.384. The van der Waals surface area contributed by atoms with E-state index in [-0.39, 0.29) is 19.0 Å². The number of benzene rings is 3. The van der Waals surface area contributed by atoms with Gasteiger partial charge in [0.05, 0.1) is 20.3 Å². The van der Waals surface area contributed by atoms with Crippen molar-refractivity contribution in [1.82, 2.24) is 0 Å². The summed E-state index contributed by atoms with van der Waals surface area (Å²) in [7, 11) is 1.30. The lowest BCUT2D eigenvalue weighted by Gasteiger charge is -2.41. The van der Waals surface area contributed by atoms with Gasteiger partial charge in [-0.3, -0.25) is 0 Å². The third-order valence-corrected chi connectivity index (χ3v) is 5.50. The largest absolute Gasteiger partial charge is 0.573 e. The van der Waals surface area contributed by atoms with Gasteiger partial charge in [-0.1, -0.05) is 48.5 Å². The first-order valence-corrected chi connectivity index (χ1v) is 10.7. The number of carbonyl (C=O) groups is 1. The molecule has 1 aliphatic heterocycles. The molecule has 0 aliphatic carbocycles. The van der Waals surface area contributed by atoms with E-state index in [9.17, 15) is 18.0 Å². The molecule has 1 aliphatic rings. The van der Waals surface area contributed by atoms with Crippen molar-refractivity contribution in [3.05, 3.63) is 83.9 Å². The number of hydrogen-bond acceptors (Lipinski definition) is 6. The molecule has 6 nitrogen and oxygen atoms in total. The highest BCUT2D eigenvalue weighted by atomic mass is 19.4. The van der Waals surface area contributed by atoms with Gasteiger partial charge in [0.15, 0.2) is 0 Å². The summed E-state index contributed by atoms with van der Waals surface area (Å²) >= 11 is 0. The molecule has 0 atom stereocenters. The number of rotatable bonds is 9. The summed E-state index contributed by atoms with van der Waals surface area (Å²) in [6.45, 7) is 0.696. The van der Waals surface area contributed by atoms with Crippen LogP contribution >= 0.6 is 0 Å². The standard InChI is InChI=1S/C26H23F3O6/c1-31-24(30)15-34-25(16-32-17-25)20-9-11-21(12-10-20)33-14-18-5-4-6-19(13-18)22-7-2-3-8-23(22)35-26(27,28)29/h2-13H,14-17H2,1H3. The minimum Gasteiger partial charge on any atom is -0.489 e. The molecule has 0 bridgehead atoms. The van der Waals surface area contributed by atoms with Crippen molar-refractivity contribution in [3.8, 4) is 22.6 Å². The average Bonchev–Trinajstić information content (AvgIpc) is 2.82. The maximum absolute atomic E-state index is 12.8. The lowest BCUT2D eigenvalue weighted by molar-refractivity contribution is -0.274. The Balaban J connectivity index is 1.42. The molecule has 0 radical (unpaired) electrons. The van der Waals surface area contributed by atoms with E-state index in [0.717, 1.165) is 11.1 Å². The van der Waals surface area contributed by atoms with Crippen LogP contribution in [0.2, 0.25) is 0 Å². The molecular formula is C26H23F3O6.